The SMILES string of the molecule is CC(CNS(=O)(=O)c1ccc(O)c(C(=O)O)c1)Cn1cccn1. The Morgan fingerprint density at radius 2 is 2.17 bits per heavy atom. The molecule has 0 saturated heterocycles. The van der Waals surface area contributed by atoms with E-state index >= 15 is 0 Å². The third-order valence-corrected chi connectivity index (χ3v) is 4.61. The molecule has 1 atom stereocenters. The molecule has 0 bridgehead atoms. The van der Waals surface area contributed by atoms with Crippen LogP contribution in [0.3, 0.4) is 0 Å². The molecule has 0 fully saturated rings. The number of benzene rings is 1. The van der Waals surface area contributed by atoms with E-state index in [0.29, 0.717) is 6.54 Å². The minimum absolute atomic E-state index is 0.0132. The molecule has 0 spiro atoms. The van der Waals surface area contributed by atoms with Gasteiger partial charge in [-0.05, 0) is 30.2 Å². The lowest BCUT2D eigenvalue weighted by Gasteiger charge is -2.13. The topological polar surface area (TPSA) is 122 Å². The molecule has 1 aromatic carbocycles. The fourth-order valence-electron chi connectivity index (χ4n) is 1.98. The first-order valence-corrected chi connectivity index (χ1v) is 8.31. The van der Waals surface area contributed by atoms with Crippen molar-refractivity contribution in [1.82, 2.24) is 14.5 Å². The van der Waals surface area contributed by atoms with Crippen LogP contribution in [0.2, 0.25) is 0 Å². The average Bonchev–Trinajstić information content (AvgIpc) is 2.98. The number of aromatic hydroxyl groups is 1. The molecule has 0 saturated carbocycles. The molecule has 8 nitrogen and oxygen atoms in total. The summed E-state index contributed by atoms with van der Waals surface area (Å²) in [5.41, 5.74) is -0.461. The first kappa shape index (κ1) is 17.0. The van der Waals surface area contributed by atoms with Crippen LogP contribution in [0.25, 0.3) is 0 Å². The Morgan fingerprint density at radius 1 is 1.43 bits per heavy atom. The van der Waals surface area contributed by atoms with Crippen LogP contribution in [-0.2, 0) is 16.6 Å². The number of nitrogens with one attached hydrogen (secondary N) is 1. The van der Waals surface area contributed by atoms with Gasteiger partial charge in [0.05, 0.1) is 4.90 Å². The fraction of sp³-hybridized carbons (Fsp3) is 0.286. The van der Waals surface area contributed by atoms with E-state index in [1.54, 1.807) is 23.1 Å². The zero-order valence-corrected chi connectivity index (χ0v) is 13.2. The average molecular weight is 339 g/mol. The van der Waals surface area contributed by atoms with Crippen LogP contribution in [0.15, 0.2) is 41.6 Å². The summed E-state index contributed by atoms with van der Waals surface area (Å²) in [7, 11) is -3.86. The van der Waals surface area contributed by atoms with Gasteiger partial charge >= 0.3 is 5.97 Å². The Labute approximate surface area is 133 Å². The van der Waals surface area contributed by atoms with Crippen LogP contribution >= 0.6 is 0 Å². The van der Waals surface area contributed by atoms with Gasteiger partial charge in [0.1, 0.15) is 11.3 Å². The quantitative estimate of drug-likeness (QED) is 0.689. The highest BCUT2D eigenvalue weighted by Crippen LogP contribution is 2.21. The van der Waals surface area contributed by atoms with Crippen molar-refractivity contribution in [2.24, 2.45) is 5.92 Å². The highest BCUT2D eigenvalue weighted by molar-refractivity contribution is 7.89. The minimum atomic E-state index is -3.86. The van der Waals surface area contributed by atoms with Gasteiger partial charge in [-0.2, -0.15) is 5.10 Å². The van der Waals surface area contributed by atoms with E-state index < -0.39 is 27.3 Å². The molecule has 2 aromatic rings. The third-order valence-electron chi connectivity index (χ3n) is 3.19. The lowest BCUT2D eigenvalue weighted by molar-refractivity contribution is 0.0693. The monoisotopic (exact) mass is 339 g/mol. The lowest BCUT2D eigenvalue weighted by Crippen LogP contribution is -2.30. The number of aromatic nitrogens is 2. The second kappa shape index (κ2) is 6.80. The molecule has 9 heteroatoms. The van der Waals surface area contributed by atoms with E-state index in [1.807, 2.05) is 6.92 Å². The van der Waals surface area contributed by atoms with Gasteiger partial charge in [0.2, 0.25) is 10.0 Å². The first-order valence-electron chi connectivity index (χ1n) is 6.83. The van der Waals surface area contributed by atoms with Crippen molar-refractivity contribution >= 4 is 16.0 Å². The van der Waals surface area contributed by atoms with Gasteiger partial charge in [0.25, 0.3) is 0 Å². The smallest absolute Gasteiger partial charge is 0.339 e. The Kier molecular flexibility index (Phi) is 5.02. The zero-order valence-electron chi connectivity index (χ0n) is 12.4. The van der Waals surface area contributed by atoms with Gasteiger partial charge in [-0.25, -0.2) is 17.9 Å². The largest absolute Gasteiger partial charge is 0.507 e. The Hall–Kier alpha value is -2.39. The molecule has 0 aliphatic rings. The number of carbonyl (C=O) groups is 1. The van der Waals surface area contributed by atoms with Crippen LogP contribution in [-0.4, -0.2) is 40.9 Å². The summed E-state index contributed by atoms with van der Waals surface area (Å²) in [5.74, 6) is -1.89. The fourth-order valence-corrected chi connectivity index (χ4v) is 3.17. The van der Waals surface area contributed by atoms with Crippen LogP contribution in [0.1, 0.15) is 17.3 Å². The van der Waals surface area contributed by atoms with Gasteiger partial charge in [0.15, 0.2) is 0 Å². The highest BCUT2D eigenvalue weighted by Gasteiger charge is 2.19. The Balaban J connectivity index is 2.07. The van der Waals surface area contributed by atoms with Crippen molar-refractivity contribution in [2.75, 3.05) is 6.54 Å². The van der Waals surface area contributed by atoms with Gasteiger partial charge in [-0.1, -0.05) is 6.92 Å². The van der Waals surface area contributed by atoms with E-state index in [0.717, 1.165) is 18.2 Å². The van der Waals surface area contributed by atoms with Gasteiger partial charge < -0.3 is 10.2 Å². The number of sulfonamides is 1. The second-order valence-corrected chi connectivity index (χ2v) is 6.94. The van der Waals surface area contributed by atoms with Crippen LogP contribution < -0.4 is 4.72 Å². The summed E-state index contributed by atoms with van der Waals surface area (Å²) in [5, 5.41) is 22.4. The summed E-state index contributed by atoms with van der Waals surface area (Å²) in [6, 6.07) is 4.91. The zero-order chi connectivity index (χ0) is 17.0. The van der Waals surface area contributed by atoms with Crippen LogP contribution in [0.5, 0.6) is 5.75 Å². The number of hydrogen-bond donors (Lipinski definition) is 3. The second-order valence-electron chi connectivity index (χ2n) is 5.17. The number of rotatable bonds is 7. The number of nitrogens with zero attached hydrogens (tertiary/aromatic N) is 2. The maximum atomic E-state index is 12.2. The molecule has 0 aliphatic heterocycles. The normalized spacial score (nSPS) is 12.9. The summed E-state index contributed by atoms with van der Waals surface area (Å²) < 4.78 is 28.6. The number of carboxylic acids is 1. The molecule has 23 heavy (non-hydrogen) atoms. The number of phenols is 1. The molecule has 2 rings (SSSR count). The molecule has 1 heterocycles. The molecule has 0 aliphatic carbocycles. The molecule has 0 amide bonds. The van der Waals surface area contributed by atoms with Crippen molar-refractivity contribution < 1.29 is 23.4 Å². The standard InChI is InChI=1S/C14H17N3O5S/c1-10(9-17-6-2-5-15-17)8-16-23(21,22)11-3-4-13(18)12(7-11)14(19)20/h2-7,10,16,18H,8-9H2,1H3,(H,19,20). The van der Waals surface area contributed by atoms with Crippen LogP contribution in [0, 0.1) is 5.92 Å². The van der Waals surface area contributed by atoms with Gasteiger partial charge in [0, 0.05) is 25.5 Å². The molecular formula is C14H17N3O5S. The number of carboxylic acid groups (broad SMARTS) is 1. The molecule has 1 aromatic heterocycles. The highest BCUT2D eigenvalue weighted by atomic mass is 32.2. The molecule has 124 valence electrons. The van der Waals surface area contributed by atoms with Crippen molar-refractivity contribution in [1.29, 1.82) is 0 Å². The maximum absolute atomic E-state index is 12.2. The van der Waals surface area contributed by atoms with Crippen molar-refractivity contribution in [3.8, 4) is 5.75 Å². The lowest BCUT2D eigenvalue weighted by atomic mass is 10.2. The summed E-state index contributed by atoms with van der Waals surface area (Å²) in [6.45, 7) is 2.58. The summed E-state index contributed by atoms with van der Waals surface area (Å²) in [6.07, 6.45) is 3.42. The number of aromatic carboxylic acids is 1. The predicted molar refractivity (Wildman–Crippen MR) is 81.6 cm³/mol. The Morgan fingerprint density at radius 3 is 2.78 bits per heavy atom. The molecule has 1 unspecified atom stereocenters. The van der Waals surface area contributed by atoms with Crippen molar-refractivity contribution in [2.45, 2.75) is 18.4 Å². The molecule has 3 N–H and O–H groups in total. The predicted octanol–water partition coefficient (Wildman–Crippen LogP) is 0.901. The first-order chi connectivity index (χ1) is 10.8. The minimum Gasteiger partial charge on any atom is -0.507 e. The van der Waals surface area contributed by atoms with E-state index in [1.165, 1.54) is 0 Å². The Bertz CT molecular complexity index is 787. The van der Waals surface area contributed by atoms with E-state index in [9.17, 15) is 18.3 Å². The van der Waals surface area contributed by atoms with Crippen molar-refractivity contribution in [3.05, 3.63) is 42.2 Å². The van der Waals surface area contributed by atoms with Gasteiger partial charge in [-0.3, -0.25) is 4.68 Å². The van der Waals surface area contributed by atoms with E-state index in [2.05, 4.69) is 9.82 Å². The summed E-state index contributed by atoms with van der Waals surface area (Å²) >= 11 is 0. The van der Waals surface area contributed by atoms with Crippen molar-refractivity contribution in [3.63, 3.8) is 0 Å². The van der Waals surface area contributed by atoms with Gasteiger partial charge in [-0.15, -0.1) is 0 Å². The molecular weight excluding hydrogens is 322 g/mol. The molecule has 0 radical (unpaired) electrons. The van der Waals surface area contributed by atoms with E-state index in [-0.39, 0.29) is 17.4 Å². The maximum Gasteiger partial charge on any atom is 0.339 e. The van der Waals surface area contributed by atoms with E-state index in [4.69, 9.17) is 5.11 Å². The van der Waals surface area contributed by atoms with Crippen LogP contribution in [0.4, 0.5) is 0 Å². The summed E-state index contributed by atoms with van der Waals surface area (Å²) in [4.78, 5) is 10.8. The third kappa shape index (κ3) is 4.30. The number of hydrogen-bond acceptors (Lipinski definition) is 5.